The first-order chi connectivity index (χ1) is 6.50. The molecular formula is C9H8O4S. The van der Waals surface area contributed by atoms with Crippen LogP contribution in [0.5, 0.6) is 0 Å². The third-order valence-electron chi connectivity index (χ3n) is 1.40. The molecule has 0 amide bonds. The second-order valence-corrected chi connectivity index (χ2v) is 3.98. The van der Waals surface area contributed by atoms with Crippen molar-refractivity contribution < 1.29 is 18.1 Å². The molecule has 0 bridgehead atoms. The molecule has 4 nitrogen and oxygen atoms in total. The lowest BCUT2D eigenvalue weighted by molar-refractivity contribution is 0.283. The van der Waals surface area contributed by atoms with Crippen molar-refractivity contribution in [2.24, 2.45) is 0 Å². The molecule has 1 rings (SSSR count). The zero-order valence-electron chi connectivity index (χ0n) is 7.08. The number of benzene rings is 1. The minimum atomic E-state index is -4.49. The molecule has 1 atom stereocenters. The molecule has 0 aromatic heterocycles. The predicted octanol–water partition coefficient (Wildman–Crippen LogP) is 0.244. The molecule has 0 heterocycles. The van der Waals surface area contributed by atoms with Gasteiger partial charge >= 0.3 is 10.1 Å². The number of hydrogen-bond acceptors (Lipinski definition) is 3. The van der Waals surface area contributed by atoms with Gasteiger partial charge in [-0.1, -0.05) is 24.1 Å². The normalized spacial score (nSPS) is 12.7. The Hall–Kier alpha value is -1.35. The van der Waals surface area contributed by atoms with Crippen molar-refractivity contribution >= 4 is 10.1 Å². The van der Waals surface area contributed by atoms with Crippen LogP contribution in [0.4, 0.5) is 0 Å². The monoisotopic (exact) mass is 212 g/mol. The quantitative estimate of drug-likeness (QED) is 0.516. The van der Waals surface area contributed by atoms with E-state index in [1.807, 2.05) is 5.92 Å². The number of aliphatic hydroxyl groups excluding tert-OH is 1. The molecule has 0 aliphatic carbocycles. The largest absolute Gasteiger partial charge is 0.365 e. The van der Waals surface area contributed by atoms with Crippen LogP contribution in [0.2, 0.25) is 0 Å². The van der Waals surface area contributed by atoms with Gasteiger partial charge in [0, 0.05) is 5.56 Å². The van der Waals surface area contributed by atoms with Gasteiger partial charge in [-0.25, -0.2) is 0 Å². The molecule has 0 radical (unpaired) electrons. The molecule has 2 N–H and O–H groups in total. The van der Waals surface area contributed by atoms with Gasteiger partial charge in [0.05, 0.1) is 0 Å². The topological polar surface area (TPSA) is 74.6 Å². The highest BCUT2D eigenvalue weighted by Crippen LogP contribution is 1.97. The second kappa shape index (κ2) is 4.24. The highest BCUT2D eigenvalue weighted by Gasteiger charge is 2.15. The Morgan fingerprint density at radius 2 is 1.79 bits per heavy atom. The maximum Gasteiger partial charge on any atom is 0.304 e. The van der Waals surface area contributed by atoms with E-state index in [0.29, 0.717) is 5.56 Å². The van der Waals surface area contributed by atoms with E-state index in [0.717, 1.165) is 0 Å². The first-order valence-electron chi connectivity index (χ1n) is 3.71. The molecule has 0 aliphatic heterocycles. The Labute approximate surface area is 81.9 Å². The minimum absolute atomic E-state index is 0.565. The van der Waals surface area contributed by atoms with Crippen LogP contribution in [0.25, 0.3) is 0 Å². The molecule has 1 aromatic rings. The molecule has 0 unspecified atom stereocenters. The molecule has 0 aliphatic rings. The Morgan fingerprint density at radius 3 is 2.29 bits per heavy atom. The summed E-state index contributed by atoms with van der Waals surface area (Å²) in [5, 5.41) is 8.84. The summed E-state index contributed by atoms with van der Waals surface area (Å²) in [6.07, 6.45) is 0. The lowest BCUT2D eigenvalue weighted by atomic mass is 10.2. The second-order valence-electron chi connectivity index (χ2n) is 2.50. The lowest BCUT2D eigenvalue weighted by Gasteiger charge is -1.95. The number of aliphatic hydroxyl groups is 1. The smallest absolute Gasteiger partial charge is 0.304 e. The van der Waals surface area contributed by atoms with Crippen LogP contribution in [-0.2, 0) is 10.1 Å². The summed E-state index contributed by atoms with van der Waals surface area (Å²) in [5.74, 6) is 4.42. The highest BCUT2D eigenvalue weighted by molar-refractivity contribution is 7.86. The number of hydrogen-bond donors (Lipinski definition) is 2. The average molecular weight is 212 g/mol. The van der Waals surface area contributed by atoms with Crippen molar-refractivity contribution in [2.45, 2.75) is 5.44 Å². The molecule has 1 aromatic carbocycles. The van der Waals surface area contributed by atoms with Crippen LogP contribution in [-0.4, -0.2) is 23.5 Å². The molecule has 0 spiro atoms. The van der Waals surface area contributed by atoms with E-state index in [9.17, 15) is 8.42 Å². The Balaban J connectivity index is 2.85. The zero-order valence-corrected chi connectivity index (χ0v) is 7.90. The fourth-order valence-electron chi connectivity index (χ4n) is 0.741. The minimum Gasteiger partial charge on any atom is -0.365 e. The molecule has 14 heavy (non-hydrogen) atoms. The van der Waals surface area contributed by atoms with E-state index in [1.54, 1.807) is 30.3 Å². The van der Waals surface area contributed by atoms with E-state index < -0.39 is 15.6 Å². The maximum absolute atomic E-state index is 10.4. The summed E-state index contributed by atoms with van der Waals surface area (Å²) >= 11 is 0. The van der Waals surface area contributed by atoms with Gasteiger partial charge in [0.25, 0.3) is 0 Å². The average Bonchev–Trinajstić information content (AvgIpc) is 2.14. The summed E-state index contributed by atoms with van der Waals surface area (Å²) in [5.41, 5.74) is -1.49. The van der Waals surface area contributed by atoms with Crippen molar-refractivity contribution in [1.82, 2.24) is 0 Å². The third kappa shape index (κ3) is 3.18. The molecule has 0 saturated heterocycles. The highest BCUT2D eigenvalue weighted by atomic mass is 32.2. The first-order valence-corrected chi connectivity index (χ1v) is 5.21. The van der Waals surface area contributed by atoms with E-state index >= 15 is 0 Å². The summed E-state index contributed by atoms with van der Waals surface area (Å²) in [4.78, 5) is 0. The van der Waals surface area contributed by atoms with E-state index in [4.69, 9.17) is 9.66 Å². The van der Waals surface area contributed by atoms with Crippen LogP contribution in [0.1, 0.15) is 5.56 Å². The number of rotatable bonds is 1. The molecule has 0 fully saturated rings. The van der Waals surface area contributed by atoms with Gasteiger partial charge in [0.1, 0.15) is 0 Å². The van der Waals surface area contributed by atoms with Gasteiger partial charge in [-0.15, -0.1) is 0 Å². The van der Waals surface area contributed by atoms with Crippen molar-refractivity contribution in [3.63, 3.8) is 0 Å². The van der Waals surface area contributed by atoms with Gasteiger partial charge in [-0.05, 0) is 18.1 Å². The van der Waals surface area contributed by atoms with Crippen LogP contribution < -0.4 is 0 Å². The van der Waals surface area contributed by atoms with Crippen molar-refractivity contribution in [3.8, 4) is 11.8 Å². The van der Waals surface area contributed by atoms with Gasteiger partial charge in [-0.2, -0.15) is 8.42 Å². The van der Waals surface area contributed by atoms with Crippen molar-refractivity contribution in [3.05, 3.63) is 35.9 Å². The fraction of sp³-hybridized carbons (Fsp3) is 0.111. The first kappa shape index (κ1) is 10.7. The van der Waals surface area contributed by atoms with E-state index in [1.165, 1.54) is 0 Å². The molecule has 5 heteroatoms. The van der Waals surface area contributed by atoms with Crippen molar-refractivity contribution in [2.75, 3.05) is 0 Å². The Bertz CT molecular complexity index is 453. The Morgan fingerprint density at radius 1 is 1.21 bits per heavy atom. The molecular weight excluding hydrogens is 204 g/mol. The van der Waals surface area contributed by atoms with Crippen LogP contribution in [0, 0.1) is 11.8 Å². The lowest BCUT2D eigenvalue weighted by Crippen LogP contribution is -2.17. The zero-order chi connectivity index (χ0) is 10.6. The van der Waals surface area contributed by atoms with Crippen LogP contribution in [0.15, 0.2) is 30.3 Å². The van der Waals surface area contributed by atoms with Crippen molar-refractivity contribution in [1.29, 1.82) is 0 Å². The summed E-state index contributed by atoms with van der Waals surface area (Å²) in [7, 11) is -4.49. The standard InChI is InChI=1S/C9H8O4S/c10-9(14(11,12)13)7-6-8-4-2-1-3-5-8/h1-5,9-10H,(H,11,12,13)/t9-/m0/s1. The van der Waals surface area contributed by atoms with E-state index in [-0.39, 0.29) is 0 Å². The van der Waals surface area contributed by atoms with Crippen LogP contribution in [0.3, 0.4) is 0 Å². The van der Waals surface area contributed by atoms with Crippen LogP contribution >= 0.6 is 0 Å². The summed E-state index contributed by atoms with van der Waals surface area (Å²) < 4.78 is 29.1. The Kier molecular flexibility index (Phi) is 3.25. The van der Waals surface area contributed by atoms with Gasteiger partial charge in [-0.3, -0.25) is 4.55 Å². The fourth-order valence-corrected chi connectivity index (χ4v) is 0.949. The SMILES string of the molecule is O=S(=O)(O)[C@H](O)C#Cc1ccccc1. The summed E-state index contributed by atoms with van der Waals surface area (Å²) in [6, 6.07) is 8.55. The molecule has 0 saturated carbocycles. The van der Waals surface area contributed by atoms with E-state index in [2.05, 4.69) is 5.92 Å². The third-order valence-corrected chi connectivity index (χ3v) is 2.08. The van der Waals surface area contributed by atoms with Gasteiger partial charge < -0.3 is 5.11 Å². The molecule has 74 valence electrons. The summed E-state index contributed by atoms with van der Waals surface area (Å²) in [6.45, 7) is 0. The predicted molar refractivity (Wildman–Crippen MR) is 50.9 cm³/mol. The maximum atomic E-state index is 10.4. The van der Waals surface area contributed by atoms with Gasteiger partial charge in [0.2, 0.25) is 5.44 Å². The van der Waals surface area contributed by atoms with Gasteiger partial charge in [0.15, 0.2) is 0 Å².